The van der Waals surface area contributed by atoms with E-state index in [0.717, 1.165) is 44.9 Å². The lowest BCUT2D eigenvalue weighted by Gasteiger charge is -2.22. The Labute approximate surface area is 218 Å². The summed E-state index contributed by atoms with van der Waals surface area (Å²) in [7, 11) is -2.00. The van der Waals surface area contributed by atoms with Gasteiger partial charge in [0.2, 0.25) is 0 Å². The first-order valence-corrected chi connectivity index (χ1v) is 14.6. The molecule has 2 atom stereocenters. The van der Waals surface area contributed by atoms with Crippen molar-refractivity contribution in [2.75, 3.05) is 19.5 Å². The average molecular weight is 521 g/mol. The summed E-state index contributed by atoms with van der Waals surface area (Å²) in [5.41, 5.74) is 0. The van der Waals surface area contributed by atoms with Crippen molar-refractivity contribution in [1.82, 2.24) is 0 Å². The van der Waals surface area contributed by atoms with Crippen molar-refractivity contribution < 1.29 is 27.8 Å². The Morgan fingerprint density at radius 1 is 0.972 bits per heavy atom. The maximum Gasteiger partial charge on any atom is 0.305 e. The summed E-state index contributed by atoms with van der Waals surface area (Å²) in [6.07, 6.45) is 19.2. The van der Waals surface area contributed by atoms with E-state index in [9.17, 15) is 18.3 Å². The molecule has 0 spiro atoms. The predicted molar refractivity (Wildman–Crippen MR) is 146 cm³/mol. The molecule has 0 saturated carbocycles. The van der Waals surface area contributed by atoms with Crippen LogP contribution in [0, 0.1) is 0 Å². The Kier molecular flexibility index (Phi) is 17.6. The summed E-state index contributed by atoms with van der Waals surface area (Å²) < 4.78 is 35.4. The third-order valence-electron chi connectivity index (χ3n) is 5.71. The normalized spacial score (nSPS) is 14.1. The second-order valence-corrected chi connectivity index (χ2v) is 10.8. The van der Waals surface area contributed by atoms with Gasteiger partial charge in [-0.2, -0.15) is 0 Å². The minimum Gasteiger partial charge on any atom is -0.469 e. The van der Waals surface area contributed by atoms with Crippen molar-refractivity contribution in [3.63, 3.8) is 0 Å². The van der Waals surface area contributed by atoms with Crippen LogP contribution in [0.25, 0.3) is 0 Å². The molecule has 36 heavy (non-hydrogen) atoms. The number of allylic oxidation sites excluding steroid dienone is 5. The van der Waals surface area contributed by atoms with E-state index in [1.165, 1.54) is 7.11 Å². The van der Waals surface area contributed by atoms with E-state index < -0.39 is 15.9 Å². The zero-order valence-corrected chi connectivity index (χ0v) is 22.7. The molecule has 1 aromatic rings. The van der Waals surface area contributed by atoms with Gasteiger partial charge in [0.05, 0.1) is 36.6 Å². The van der Waals surface area contributed by atoms with Gasteiger partial charge in [-0.3, -0.25) is 4.79 Å². The molecule has 1 N–H and O–H groups in total. The van der Waals surface area contributed by atoms with E-state index >= 15 is 0 Å². The highest BCUT2D eigenvalue weighted by atomic mass is 32.2. The summed E-state index contributed by atoms with van der Waals surface area (Å²) in [4.78, 5) is 11.3. The molecule has 0 saturated heterocycles. The third kappa shape index (κ3) is 15.0. The Balaban J connectivity index is 2.37. The number of ether oxygens (including phenoxy) is 2. The van der Waals surface area contributed by atoms with Gasteiger partial charge < -0.3 is 14.6 Å². The van der Waals surface area contributed by atoms with Crippen LogP contribution < -0.4 is 0 Å². The molecule has 0 heterocycles. The number of hydrogen-bond acceptors (Lipinski definition) is 6. The van der Waals surface area contributed by atoms with Gasteiger partial charge in [-0.15, -0.1) is 0 Å². The van der Waals surface area contributed by atoms with Crippen LogP contribution in [0.15, 0.2) is 71.7 Å². The largest absolute Gasteiger partial charge is 0.469 e. The Hall–Kier alpha value is -2.22. The maximum atomic E-state index is 12.5. The first-order valence-electron chi connectivity index (χ1n) is 13.0. The van der Waals surface area contributed by atoms with Gasteiger partial charge in [0.1, 0.15) is 0 Å². The van der Waals surface area contributed by atoms with E-state index in [0.29, 0.717) is 24.2 Å². The number of esters is 1. The minimum absolute atomic E-state index is 0.0632. The van der Waals surface area contributed by atoms with Crippen molar-refractivity contribution in [2.45, 2.75) is 88.2 Å². The predicted octanol–water partition coefficient (Wildman–Crippen LogP) is 5.97. The summed E-state index contributed by atoms with van der Waals surface area (Å²) in [5.74, 6) is -0.274. The fraction of sp³-hybridized carbons (Fsp3) is 0.552. The number of benzene rings is 1. The highest BCUT2D eigenvalue weighted by Crippen LogP contribution is 2.16. The number of sulfone groups is 1. The zero-order valence-electron chi connectivity index (χ0n) is 21.9. The number of aliphatic hydroxyl groups is 1. The Morgan fingerprint density at radius 2 is 1.64 bits per heavy atom. The second kappa shape index (κ2) is 19.9. The molecule has 202 valence electrons. The first-order chi connectivity index (χ1) is 17.4. The fourth-order valence-corrected chi connectivity index (χ4v) is 4.67. The summed E-state index contributed by atoms with van der Waals surface area (Å²) in [5, 5.41) is 10.7. The second-order valence-electron chi connectivity index (χ2n) is 8.69. The van der Waals surface area contributed by atoms with Crippen LogP contribution in [-0.2, 0) is 24.1 Å². The van der Waals surface area contributed by atoms with Crippen LogP contribution in [0.2, 0.25) is 0 Å². The number of aliphatic hydroxyl groups excluding tert-OH is 1. The highest BCUT2D eigenvalue weighted by Gasteiger charge is 2.20. The molecule has 1 aromatic carbocycles. The van der Waals surface area contributed by atoms with Crippen LogP contribution in [0.4, 0.5) is 0 Å². The van der Waals surface area contributed by atoms with Crippen molar-refractivity contribution >= 4 is 15.8 Å². The van der Waals surface area contributed by atoms with E-state index in [4.69, 9.17) is 4.74 Å². The highest BCUT2D eigenvalue weighted by molar-refractivity contribution is 7.91. The standard InChI is InChI=1S/C29H44O6S/c1-3-4-14-22-28(35-24-25-36(32,33)26-19-15-13-16-20-26)27(30)21-17-11-9-7-5-6-8-10-12-18-23-29(31)34-2/h5,7-8,10-11,13,15-17,19-20,27-28,30H,3-4,6,9,12,14,18,21-25H2,1-2H3/b7-5-,10-8-,17-11-/t27-,28-/m0/s1. The van der Waals surface area contributed by atoms with Crippen LogP contribution in [-0.4, -0.2) is 51.2 Å². The topological polar surface area (TPSA) is 89.9 Å². The molecule has 0 aliphatic rings. The summed E-state index contributed by atoms with van der Waals surface area (Å²) in [6.45, 7) is 2.18. The summed E-state index contributed by atoms with van der Waals surface area (Å²) in [6, 6.07) is 8.38. The molecule has 0 unspecified atom stereocenters. The molecule has 6 nitrogen and oxygen atoms in total. The number of carbonyl (C=O) groups is 1. The monoisotopic (exact) mass is 520 g/mol. The zero-order chi connectivity index (χ0) is 26.5. The molecule has 0 aliphatic heterocycles. The molecule has 0 aliphatic carbocycles. The molecule has 0 fully saturated rings. The lowest BCUT2D eigenvalue weighted by Crippen LogP contribution is -2.30. The number of rotatable bonds is 20. The molecule has 0 radical (unpaired) electrons. The van der Waals surface area contributed by atoms with Gasteiger partial charge in [-0.25, -0.2) is 8.42 Å². The van der Waals surface area contributed by atoms with Gasteiger partial charge in [0.25, 0.3) is 0 Å². The number of hydrogen-bond donors (Lipinski definition) is 1. The molecule has 0 aromatic heterocycles. The van der Waals surface area contributed by atoms with Gasteiger partial charge in [0, 0.05) is 6.42 Å². The lowest BCUT2D eigenvalue weighted by atomic mass is 10.0. The molecular formula is C29H44O6S. The molecule has 0 amide bonds. The third-order valence-corrected chi connectivity index (χ3v) is 7.40. The Morgan fingerprint density at radius 3 is 2.31 bits per heavy atom. The van der Waals surface area contributed by atoms with E-state index in [-0.39, 0.29) is 24.4 Å². The Bertz CT molecular complexity index is 890. The quantitative estimate of drug-likeness (QED) is 0.129. The van der Waals surface area contributed by atoms with Crippen molar-refractivity contribution in [2.24, 2.45) is 0 Å². The molecule has 1 rings (SSSR count). The smallest absolute Gasteiger partial charge is 0.305 e. The minimum atomic E-state index is -3.40. The van der Waals surface area contributed by atoms with Gasteiger partial charge in [-0.1, -0.05) is 80.8 Å². The van der Waals surface area contributed by atoms with Crippen LogP contribution >= 0.6 is 0 Å². The summed E-state index contributed by atoms with van der Waals surface area (Å²) >= 11 is 0. The van der Waals surface area contributed by atoms with Crippen LogP contribution in [0.1, 0.15) is 71.1 Å². The molecule has 0 bridgehead atoms. The van der Waals surface area contributed by atoms with Gasteiger partial charge in [-0.05, 0) is 50.7 Å². The molecule has 7 heteroatoms. The van der Waals surface area contributed by atoms with E-state index in [1.54, 1.807) is 30.3 Å². The van der Waals surface area contributed by atoms with Crippen LogP contribution in [0.5, 0.6) is 0 Å². The van der Waals surface area contributed by atoms with E-state index in [2.05, 4.69) is 36.0 Å². The van der Waals surface area contributed by atoms with Crippen LogP contribution in [0.3, 0.4) is 0 Å². The SMILES string of the molecule is CCCCC[C@H](OCCS(=O)(=O)c1ccccc1)[C@@H](O)C/C=C\C/C=C\C/C=C\CCCC(=O)OC. The van der Waals surface area contributed by atoms with E-state index in [1.807, 2.05) is 12.2 Å². The van der Waals surface area contributed by atoms with Gasteiger partial charge in [0.15, 0.2) is 9.84 Å². The lowest BCUT2D eigenvalue weighted by molar-refractivity contribution is -0.140. The van der Waals surface area contributed by atoms with Gasteiger partial charge >= 0.3 is 5.97 Å². The number of methoxy groups -OCH3 is 1. The maximum absolute atomic E-state index is 12.5. The number of unbranched alkanes of at least 4 members (excludes halogenated alkanes) is 3. The van der Waals surface area contributed by atoms with Crippen molar-refractivity contribution in [3.8, 4) is 0 Å². The molecular weight excluding hydrogens is 476 g/mol. The fourth-order valence-electron chi connectivity index (χ4n) is 3.55. The average Bonchev–Trinajstić information content (AvgIpc) is 2.88. The van der Waals surface area contributed by atoms with Crippen molar-refractivity contribution in [3.05, 3.63) is 66.8 Å². The number of carbonyl (C=O) groups excluding carboxylic acids is 1. The van der Waals surface area contributed by atoms with Crippen molar-refractivity contribution in [1.29, 1.82) is 0 Å². The first kappa shape index (κ1) is 31.8.